The number of hydrogen-bond donors (Lipinski definition) is 0. The molecule has 6 rings (SSSR count). The highest BCUT2D eigenvalue weighted by Crippen LogP contribution is 2.34. The van der Waals surface area contributed by atoms with Gasteiger partial charge in [-0.15, -0.1) is 0 Å². The maximum atomic E-state index is 4.74. The van der Waals surface area contributed by atoms with Gasteiger partial charge in [-0.1, -0.05) is 87.7 Å². The van der Waals surface area contributed by atoms with E-state index in [-0.39, 0.29) is 12.1 Å². The number of fused-ring (bicyclic) bond motifs is 3. The number of aromatic nitrogens is 3. The highest BCUT2D eigenvalue weighted by molar-refractivity contribution is 6.83. The number of para-hydroxylation sites is 1. The summed E-state index contributed by atoms with van der Waals surface area (Å²) in [5.41, 5.74) is 9.72. The second-order valence-corrected chi connectivity index (χ2v) is 11.3. The molecule has 0 saturated heterocycles. The van der Waals surface area contributed by atoms with E-state index in [0.29, 0.717) is 0 Å². The van der Waals surface area contributed by atoms with E-state index < -0.39 is 0 Å². The minimum absolute atomic E-state index is 0.0965. The molecule has 38 heavy (non-hydrogen) atoms. The van der Waals surface area contributed by atoms with E-state index in [2.05, 4.69) is 124 Å². The molecule has 0 atom stereocenters. The molecule has 186 valence electrons. The van der Waals surface area contributed by atoms with Crippen molar-refractivity contribution in [2.45, 2.75) is 39.9 Å². The van der Waals surface area contributed by atoms with Crippen LogP contribution in [-0.4, -0.2) is 21.2 Å². The third kappa shape index (κ3) is 4.30. The predicted molar refractivity (Wildman–Crippen MR) is 163 cm³/mol. The van der Waals surface area contributed by atoms with Crippen LogP contribution in [-0.2, 0) is 5.41 Å². The quantitative estimate of drug-likeness (QED) is 0.246. The molecule has 4 heteroatoms. The van der Waals surface area contributed by atoms with Crippen LogP contribution >= 0.6 is 0 Å². The fourth-order valence-corrected chi connectivity index (χ4v) is 5.35. The van der Waals surface area contributed by atoms with Gasteiger partial charge in [-0.25, -0.2) is 4.98 Å². The minimum Gasteiger partial charge on any atom is -0.294 e. The van der Waals surface area contributed by atoms with Crippen LogP contribution in [0.25, 0.3) is 38.8 Å². The fraction of sp³-hybridized carbons (Fsp3) is 0.176. The van der Waals surface area contributed by atoms with Crippen molar-refractivity contribution in [3.8, 4) is 16.9 Å². The highest BCUT2D eigenvalue weighted by Gasteiger charge is 2.20. The van der Waals surface area contributed by atoms with Crippen molar-refractivity contribution < 1.29 is 0 Å². The molecule has 6 aromatic rings. The Balaban J connectivity index is 1.46. The maximum Gasteiger partial charge on any atom is 0.230 e. The molecule has 0 aliphatic rings. The second kappa shape index (κ2) is 9.29. The Morgan fingerprint density at radius 1 is 0.684 bits per heavy atom. The molecule has 3 heterocycles. The molecule has 3 nitrogen and oxygen atoms in total. The minimum atomic E-state index is 0.0965. The van der Waals surface area contributed by atoms with Gasteiger partial charge in [0.2, 0.25) is 6.71 Å². The van der Waals surface area contributed by atoms with Crippen molar-refractivity contribution in [1.82, 2.24) is 14.5 Å². The molecular formula is C34H32BN3. The van der Waals surface area contributed by atoms with Gasteiger partial charge < -0.3 is 0 Å². The summed E-state index contributed by atoms with van der Waals surface area (Å²) in [5.74, 6) is 0.945. The lowest BCUT2D eigenvalue weighted by atomic mass is 9.44. The molecule has 3 aromatic carbocycles. The highest BCUT2D eigenvalue weighted by atomic mass is 15.1. The van der Waals surface area contributed by atoms with Crippen molar-refractivity contribution in [3.63, 3.8) is 0 Å². The number of benzene rings is 3. The number of rotatable bonds is 4. The van der Waals surface area contributed by atoms with Gasteiger partial charge in [-0.05, 0) is 71.0 Å². The van der Waals surface area contributed by atoms with E-state index in [1.165, 1.54) is 49.5 Å². The lowest BCUT2D eigenvalue weighted by Crippen LogP contribution is -2.41. The third-order valence-electron chi connectivity index (χ3n) is 7.61. The van der Waals surface area contributed by atoms with E-state index in [9.17, 15) is 0 Å². The van der Waals surface area contributed by atoms with Crippen LogP contribution in [0, 0.1) is 6.92 Å². The van der Waals surface area contributed by atoms with Gasteiger partial charge in [0.15, 0.2) is 0 Å². The fourth-order valence-electron chi connectivity index (χ4n) is 5.35. The Hall–Kier alpha value is -4.18. The van der Waals surface area contributed by atoms with E-state index in [1.807, 2.05) is 18.5 Å². The normalized spacial score (nSPS) is 11.8. The summed E-state index contributed by atoms with van der Waals surface area (Å²) in [6.07, 6.45) is 3.84. The van der Waals surface area contributed by atoms with Crippen molar-refractivity contribution in [2.75, 3.05) is 0 Å². The van der Waals surface area contributed by atoms with Crippen LogP contribution in [0.4, 0.5) is 0 Å². The summed E-state index contributed by atoms with van der Waals surface area (Å²) in [7, 11) is 0. The summed E-state index contributed by atoms with van der Waals surface area (Å²) >= 11 is 0. The first-order valence-electron chi connectivity index (χ1n) is 13.3. The molecule has 0 aliphatic heterocycles. The molecule has 3 aromatic heterocycles. The topological polar surface area (TPSA) is 30.7 Å². The third-order valence-corrected chi connectivity index (χ3v) is 7.61. The molecule has 0 radical (unpaired) electrons. The molecule has 0 saturated carbocycles. The first kappa shape index (κ1) is 24.2. The molecule has 0 spiro atoms. The molecule has 0 N–H and O–H groups in total. The Morgan fingerprint density at radius 3 is 2.26 bits per heavy atom. The average Bonchev–Trinajstić information content (AvgIpc) is 3.26. The summed E-state index contributed by atoms with van der Waals surface area (Å²) in [4.78, 5) is 9.47. The monoisotopic (exact) mass is 493 g/mol. The van der Waals surface area contributed by atoms with Crippen LogP contribution in [0.15, 0.2) is 103 Å². The van der Waals surface area contributed by atoms with E-state index in [0.717, 1.165) is 11.4 Å². The molecular weight excluding hydrogens is 461 g/mol. The second-order valence-electron chi connectivity index (χ2n) is 11.3. The Labute approximate surface area is 225 Å². The van der Waals surface area contributed by atoms with Gasteiger partial charge in [0.25, 0.3) is 0 Å². The van der Waals surface area contributed by atoms with Crippen LogP contribution in [0.5, 0.6) is 0 Å². The van der Waals surface area contributed by atoms with Crippen molar-refractivity contribution in [2.24, 2.45) is 0 Å². The molecule has 0 amide bonds. The van der Waals surface area contributed by atoms with Crippen LogP contribution in [0.3, 0.4) is 0 Å². The van der Waals surface area contributed by atoms with Crippen LogP contribution < -0.4 is 11.1 Å². The molecule has 0 aliphatic carbocycles. The zero-order valence-electron chi connectivity index (χ0n) is 22.7. The zero-order chi connectivity index (χ0) is 26.4. The average molecular weight is 493 g/mol. The van der Waals surface area contributed by atoms with Crippen molar-refractivity contribution >= 4 is 39.6 Å². The SMILES string of the molecule is CB(c1cccc(-c2ccc3c4ccccc4n(-c4cc(C)ccn4)c3c2)c1)c1cc(C(C)(C)C)ccn1. The first-order chi connectivity index (χ1) is 18.3. The van der Waals surface area contributed by atoms with Gasteiger partial charge in [0, 0.05) is 28.8 Å². The molecule has 0 fully saturated rings. The van der Waals surface area contributed by atoms with Gasteiger partial charge in [-0.3, -0.25) is 9.55 Å². The summed E-state index contributed by atoms with van der Waals surface area (Å²) in [5, 5.41) is 2.48. The largest absolute Gasteiger partial charge is 0.294 e. The van der Waals surface area contributed by atoms with E-state index >= 15 is 0 Å². The Bertz CT molecular complexity index is 1790. The lowest BCUT2D eigenvalue weighted by Gasteiger charge is -2.20. The lowest BCUT2D eigenvalue weighted by molar-refractivity contribution is 0.590. The number of hydrogen-bond acceptors (Lipinski definition) is 2. The van der Waals surface area contributed by atoms with Gasteiger partial charge in [0.05, 0.1) is 11.0 Å². The van der Waals surface area contributed by atoms with Crippen LogP contribution in [0.1, 0.15) is 31.9 Å². The van der Waals surface area contributed by atoms with Gasteiger partial charge in [0.1, 0.15) is 5.82 Å². The summed E-state index contributed by atoms with van der Waals surface area (Å²) < 4.78 is 2.29. The van der Waals surface area contributed by atoms with Crippen molar-refractivity contribution in [1.29, 1.82) is 0 Å². The zero-order valence-corrected chi connectivity index (χ0v) is 22.7. The summed E-state index contributed by atoms with van der Waals surface area (Å²) in [6, 6.07) is 32.9. The van der Waals surface area contributed by atoms with Crippen molar-refractivity contribution in [3.05, 3.63) is 115 Å². The van der Waals surface area contributed by atoms with E-state index in [1.54, 1.807) is 0 Å². The number of nitrogens with zero attached hydrogens (tertiary/aromatic N) is 3. The number of pyridine rings is 2. The Kier molecular flexibility index (Phi) is 5.91. The standard InChI is InChI=1S/C34H32BN3/c1-23-15-17-37-33(19-23)38-30-12-7-6-11-28(30)29-14-13-25(21-31(29)38)24-9-8-10-27(20-24)35(5)32-22-26(16-18-36-32)34(2,3)4/h6-22H,1-5H3. The first-order valence-corrected chi connectivity index (χ1v) is 13.3. The van der Waals surface area contributed by atoms with Gasteiger partial charge >= 0.3 is 0 Å². The smallest absolute Gasteiger partial charge is 0.230 e. The molecule has 0 unspecified atom stereocenters. The van der Waals surface area contributed by atoms with E-state index in [4.69, 9.17) is 9.97 Å². The number of aryl methyl sites for hydroxylation is 1. The maximum absolute atomic E-state index is 4.74. The predicted octanol–water partition coefficient (Wildman–Crippen LogP) is 7.09. The van der Waals surface area contributed by atoms with Gasteiger partial charge in [-0.2, -0.15) is 0 Å². The molecule has 0 bridgehead atoms. The Morgan fingerprint density at radius 2 is 1.45 bits per heavy atom. The summed E-state index contributed by atoms with van der Waals surface area (Å²) in [6.45, 7) is 11.3. The van der Waals surface area contributed by atoms with Crippen LogP contribution in [0.2, 0.25) is 6.82 Å².